The molecule has 1 nitrogen and oxygen atoms in total. The summed E-state index contributed by atoms with van der Waals surface area (Å²) in [5.41, 5.74) is 5.29. The Morgan fingerprint density at radius 3 is 1.95 bits per heavy atom. The molecule has 0 amide bonds. The van der Waals surface area contributed by atoms with Gasteiger partial charge in [0.05, 0.1) is 0 Å². The normalized spacial score (nSPS) is 21.8. The largest absolute Gasteiger partial charge is 0.314 e. The van der Waals surface area contributed by atoms with Gasteiger partial charge in [-0.15, -0.1) is 0 Å². The maximum Gasteiger partial charge on any atom is 0.0146 e. The Morgan fingerprint density at radius 1 is 1.05 bits per heavy atom. The van der Waals surface area contributed by atoms with Gasteiger partial charge in [0.15, 0.2) is 0 Å². The molecule has 1 unspecified atom stereocenters. The van der Waals surface area contributed by atoms with Gasteiger partial charge in [-0.3, -0.25) is 0 Å². The molecule has 0 aliphatic heterocycles. The summed E-state index contributed by atoms with van der Waals surface area (Å²) in [4.78, 5) is 0. The Balaban J connectivity index is 2.24. The number of benzene rings is 1. The quantitative estimate of drug-likeness (QED) is 0.832. The monoisotopic (exact) mass is 273 g/mol. The van der Waals surface area contributed by atoms with Crippen molar-refractivity contribution >= 4 is 0 Å². The summed E-state index contributed by atoms with van der Waals surface area (Å²) in [5, 5.41) is 3.76. The van der Waals surface area contributed by atoms with Crippen LogP contribution in [0.5, 0.6) is 0 Å². The van der Waals surface area contributed by atoms with Gasteiger partial charge in [0, 0.05) is 6.04 Å². The van der Waals surface area contributed by atoms with E-state index in [1.54, 1.807) is 0 Å². The van der Waals surface area contributed by atoms with Crippen molar-refractivity contribution in [3.05, 3.63) is 34.9 Å². The van der Waals surface area contributed by atoms with Crippen molar-refractivity contribution in [1.29, 1.82) is 0 Å². The average molecular weight is 273 g/mol. The van der Waals surface area contributed by atoms with Crippen molar-refractivity contribution in [2.24, 2.45) is 16.7 Å². The Labute approximate surface area is 125 Å². The molecule has 1 aliphatic carbocycles. The molecule has 20 heavy (non-hydrogen) atoms. The van der Waals surface area contributed by atoms with Crippen molar-refractivity contribution < 1.29 is 0 Å². The number of nitrogens with one attached hydrogen (secondary N) is 1. The lowest BCUT2D eigenvalue weighted by Crippen LogP contribution is -2.35. The van der Waals surface area contributed by atoms with Crippen LogP contribution in [0.1, 0.15) is 51.3 Å². The van der Waals surface area contributed by atoms with Crippen molar-refractivity contribution in [3.63, 3.8) is 0 Å². The first-order chi connectivity index (χ1) is 9.23. The third kappa shape index (κ3) is 2.41. The minimum Gasteiger partial charge on any atom is -0.314 e. The molecule has 112 valence electrons. The Hall–Kier alpha value is -0.820. The molecule has 1 fully saturated rings. The van der Waals surface area contributed by atoms with E-state index in [0.29, 0.717) is 16.9 Å². The zero-order chi connectivity index (χ0) is 15.1. The molecular weight excluding hydrogens is 242 g/mol. The first-order valence-corrected chi connectivity index (χ1v) is 8.02. The summed E-state index contributed by atoms with van der Waals surface area (Å²) in [7, 11) is 0. The van der Waals surface area contributed by atoms with Gasteiger partial charge in [-0.2, -0.15) is 0 Å². The molecule has 1 aliphatic rings. The van der Waals surface area contributed by atoms with Crippen LogP contribution in [0, 0.1) is 30.6 Å². The number of likely N-dealkylation sites (N-methyl/N-ethyl adjacent to an activating group) is 1. The first kappa shape index (κ1) is 15.6. The highest BCUT2D eigenvalue weighted by atomic mass is 15.0. The second-order valence-corrected chi connectivity index (χ2v) is 7.66. The fraction of sp³-hybridized carbons (Fsp3) is 0.684. The van der Waals surface area contributed by atoms with Gasteiger partial charge in [0.25, 0.3) is 0 Å². The summed E-state index contributed by atoms with van der Waals surface area (Å²) >= 11 is 0. The highest BCUT2D eigenvalue weighted by Gasteiger charge is 2.66. The zero-order valence-corrected chi connectivity index (χ0v) is 14.3. The molecule has 0 radical (unpaired) electrons. The van der Waals surface area contributed by atoms with E-state index in [2.05, 4.69) is 72.0 Å². The van der Waals surface area contributed by atoms with Gasteiger partial charge in [0.2, 0.25) is 0 Å². The van der Waals surface area contributed by atoms with Gasteiger partial charge in [0.1, 0.15) is 0 Å². The van der Waals surface area contributed by atoms with E-state index in [4.69, 9.17) is 0 Å². The molecule has 1 aromatic rings. The minimum atomic E-state index is 0.441. The summed E-state index contributed by atoms with van der Waals surface area (Å²) in [6.45, 7) is 17.5. The first-order valence-electron chi connectivity index (χ1n) is 8.02. The van der Waals surface area contributed by atoms with E-state index < -0.39 is 0 Å². The van der Waals surface area contributed by atoms with Gasteiger partial charge in [-0.1, -0.05) is 52.8 Å². The van der Waals surface area contributed by atoms with Gasteiger partial charge in [-0.05, 0) is 60.3 Å². The third-order valence-electron chi connectivity index (χ3n) is 6.07. The van der Waals surface area contributed by atoms with Crippen LogP contribution in [-0.2, 0) is 6.42 Å². The standard InChI is InChI=1S/C19H31N/c1-8-20-16(17-18(4,5)19(17,6)7)12-15-13(2)10-9-11-14(15)3/h9-11,16-17,20H,8,12H2,1-7H3. The van der Waals surface area contributed by atoms with Gasteiger partial charge in [-0.25, -0.2) is 0 Å². The maximum absolute atomic E-state index is 3.76. The molecule has 0 spiro atoms. The average Bonchev–Trinajstić information content (AvgIpc) is 2.74. The Bertz CT molecular complexity index is 450. The van der Waals surface area contributed by atoms with Crippen molar-refractivity contribution in [2.45, 2.75) is 60.9 Å². The number of hydrogen-bond acceptors (Lipinski definition) is 1. The summed E-state index contributed by atoms with van der Waals surface area (Å²) in [6.07, 6.45) is 1.16. The van der Waals surface area contributed by atoms with Crippen LogP contribution in [0.4, 0.5) is 0 Å². The topological polar surface area (TPSA) is 12.0 Å². The lowest BCUT2D eigenvalue weighted by molar-refractivity contribution is 0.402. The number of rotatable bonds is 5. The van der Waals surface area contributed by atoms with E-state index >= 15 is 0 Å². The van der Waals surface area contributed by atoms with Crippen LogP contribution in [0.3, 0.4) is 0 Å². The second-order valence-electron chi connectivity index (χ2n) is 7.66. The molecule has 1 aromatic carbocycles. The van der Waals surface area contributed by atoms with E-state index in [1.165, 1.54) is 16.7 Å². The Kier molecular flexibility index (Phi) is 4.03. The molecule has 2 rings (SSSR count). The summed E-state index contributed by atoms with van der Waals surface area (Å²) < 4.78 is 0. The van der Waals surface area contributed by atoms with Crippen LogP contribution in [0.2, 0.25) is 0 Å². The fourth-order valence-corrected chi connectivity index (χ4v) is 4.21. The van der Waals surface area contributed by atoms with E-state index in [0.717, 1.165) is 18.9 Å². The molecular formula is C19H31N. The molecule has 0 aromatic heterocycles. The summed E-state index contributed by atoms with van der Waals surface area (Å²) in [6, 6.07) is 7.24. The van der Waals surface area contributed by atoms with Crippen LogP contribution >= 0.6 is 0 Å². The van der Waals surface area contributed by atoms with Crippen molar-refractivity contribution in [2.75, 3.05) is 6.54 Å². The smallest absolute Gasteiger partial charge is 0.0146 e. The third-order valence-corrected chi connectivity index (χ3v) is 6.07. The van der Waals surface area contributed by atoms with Crippen LogP contribution in [-0.4, -0.2) is 12.6 Å². The van der Waals surface area contributed by atoms with Gasteiger partial charge < -0.3 is 5.32 Å². The SMILES string of the molecule is CCNC(Cc1c(C)cccc1C)C1C(C)(C)C1(C)C. The summed E-state index contributed by atoms with van der Waals surface area (Å²) in [5.74, 6) is 0.758. The Morgan fingerprint density at radius 2 is 1.55 bits per heavy atom. The predicted molar refractivity (Wildman–Crippen MR) is 88.1 cm³/mol. The van der Waals surface area contributed by atoms with E-state index in [-0.39, 0.29) is 0 Å². The molecule has 1 atom stereocenters. The predicted octanol–water partition coefficient (Wildman–Crippen LogP) is 4.51. The molecule has 1 N–H and O–H groups in total. The minimum absolute atomic E-state index is 0.441. The lowest BCUT2D eigenvalue weighted by Gasteiger charge is -2.22. The lowest BCUT2D eigenvalue weighted by atomic mass is 9.91. The maximum atomic E-state index is 3.76. The molecule has 0 heterocycles. The molecule has 0 saturated heterocycles. The van der Waals surface area contributed by atoms with E-state index in [9.17, 15) is 0 Å². The molecule has 0 bridgehead atoms. The zero-order valence-electron chi connectivity index (χ0n) is 14.3. The molecule has 1 heteroatoms. The van der Waals surface area contributed by atoms with Crippen molar-refractivity contribution in [1.82, 2.24) is 5.32 Å². The highest BCUT2D eigenvalue weighted by Crippen LogP contribution is 2.69. The van der Waals surface area contributed by atoms with Gasteiger partial charge >= 0.3 is 0 Å². The van der Waals surface area contributed by atoms with Crippen molar-refractivity contribution in [3.8, 4) is 0 Å². The van der Waals surface area contributed by atoms with Crippen LogP contribution < -0.4 is 5.32 Å². The van der Waals surface area contributed by atoms with Crippen LogP contribution in [0.25, 0.3) is 0 Å². The second kappa shape index (κ2) is 5.18. The van der Waals surface area contributed by atoms with E-state index in [1.807, 2.05) is 0 Å². The van der Waals surface area contributed by atoms with Crippen LogP contribution in [0.15, 0.2) is 18.2 Å². The number of hydrogen-bond donors (Lipinski definition) is 1. The molecule has 1 saturated carbocycles. The number of aryl methyl sites for hydroxylation is 2. The highest BCUT2D eigenvalue weighted by molar-refractivity contribution is 5.35. The fourth-order valence-electron chi connectivity index (χ4n) is 4.21.